The Labute approximate surface area is 115 Å². The van der Waals surface area contributed by atoms with Crippen molar-refractivity contribution in [3.63, 3.8) is 0 Å². The molecular weight excluding hydrogens is 250 g/mol. The fourth-order valence-corrected chi connectivity index (χ4v) is 2.39. The number of rotatable bonds is 10. The quantitative estimate of drug-likeness (QED) is 0.486. The molecule has 0 N–H and O–H groups in total. The molecule has 0 bridgehead atoms. The summed E-state index contributed by atoms with van der Waals surface area (Å²) in [6.07, 6.45) is 3.78. The lowest BCUT2D eigenvalue weighted by atomic mass is 10.0. The van der Waals surface area contributed by atoms with E-state index in [0.29, 0.717) is 26.2 Å². The topological polar surface area (TPSA) is 38.8 Å². The molecule has 0 atom stereocenters. The van der Waals surface area contributed by atoms with Crippen LogP contribution in [0.2, 0.25) is 0 Å². The van der Waals surface area contributed by atoms with Crippen molar-refractivity contribution in [3.8, 4) is 0 Å². The minimum absolute atomic E-state index is 0.187. The third-order valence-electron chi connectivity index (χ3n) is 3.51. The normalized spacial score (nSPS) is 16.6. The molecule has 0 radical (unpaired) electrons. The van der Waals surface area contributed by atoms with Gasteiger partial charge in [-0.1, -0.05) is 0 Å². The van der Waals surface area contributed by atoms with Crippen molar-refractivity contribution < 1.29 is 14.3 Å². The maximum absolute atomic E-state index is 12.3. The van der Waals surface area contributed by atoms with E-state index in [0.717, 1.165) is 31.6 Å². The standard InChI is InChI=1S/C13H25NO3S/c1-16-8-3-6-14(7-9-17-2)12(15)10-13(11-18)4-5-13/h18H,3-11H2,1-2H3. The summed E-state index contributed by atoms with van der Waals surface area (Å²) in [6, 6.07) is 0. The van der Waals surface area contributed by atoms with Gasteiger partial charge in [0.05, 0.1) is 6.61 Å². The summed E-state index contributed by atoms with van der Waals surface area (Å²) >= 11 is 4.35. The Hall–Kier alpha value is -0.260. The minimum Gasteiger partial charge on any atom is -0.385 e. The molecule has 0 aromatic heterocycles. The predicted octanol–water partition coefficient (Wildman–Crippen LogP) is 1.60. The highest BCUT2D eigenvalue weighted by Gasteiger charge is 2.43. The average Bonchev–Trinajstić information content (AvgIpc) is 3.14. The predicted molar refractivity (Wildman–Crippen MR) is 75.1 cm³/mol. The summed E-state index contributed by atoms with van der Waals surface area (Å²) in [5, 5.41) is 0. The smallest absolute Gasteiger partial charge is 0.223 e. The van der Waals surface area contributed by atoms with Crippen molar-refractivity contribution in [2.75, 3.05) is 46.3 Å². The molecule has 0 aromatic carbocycles. The van der Waals surface area contributed by atoms with Crippen LogP contribution in [0.1, 0.15) is 25.7 Å². The van der Waals surface area contributed by atoms with E-state index in [-0.39, 0.29) is 11.3 Å². The lowest BCUT2D eigenvalue weighted by Gasteiger charge is -2.24. The number of nitrogens with zero attached hydrogens (tertiary/aromatic N) is 1. The highest BCUT2D eigenvalue weighted by atomic mass is 32.1. The SMILES string of the molecule is COCCCN(CCOC)C(=O)CC1(CS)CC1. The van der Waals surface area contributed by atoms with Gasteiger partial charge in [0.1, 0.15) is 0 Å². The van der Waals surface area contributed by atoms with Gasteiger partial charge >= 0.3 is 0 Å². The molecule has 1 saturated carbocycles. The zero-order chi connectivity index (χ0) is 13.4. The van der Waals surface area contributed by atoms with Crippen LogP contribution in [0.3, 0.4) is 0 Å². The van der Waals surface area contributed by atoms with Gasteiger partial charge in [0, 0.05) is 40.3 Å². The van der Waals surface area contributed by atoms with E-state index in [4.69, 9.17) is 9.47 Å². The second-order valence-corrected chi connectivity index (χ2v) is 5.37. The number of carbonyl (C=O) groups is 1. The summed E-state index contributed by atoms with van der Waals surface area (Å²) in [4.78, 5) is 14.1. The number of hydrogen-bond acceptors (Lipinski definition) is 4. The Kier molecular flexibility index (Phi) is 7.04. The number of hydrogen-bond donors (Lipinski definition) is 1. The molecule has 5 heteroatoms. The van der Waals surface area contributed by atoms with Gasteiger partial charge in [0.25, 0.3) is 0 Å². The van der Waals surface area contributed by atoms with Crippen LogP contribution in [-0.2, 0) is 14.3 Å². The van der Waals surface area contributed by atoms with Crippen molar-refractivity contribution in [1.82, 2.24) is 4.90 Å². The molecule has 4 nitrogen and oxygen atoms in total. The van der Waals surface area contributed by atoms with Crippen LogP contribution in [-0.4, -0.2) is 57.1 Å². The maximum Gasteiger partial charge on any atom is 0.223 e. The number of ether oxygens (including phenoxy) is 2. The number of methoxy groups -OCH3 is 2. The van der Waals surface area contributed by atoms with E-state index >= 15 is 0 Å². The van der Waals surface area contributed by atoms with Crippen molar-refractivity contribution in [1.29, 1.82) is 0 Å². The molecule has 0 aliphatic heterocycles. The molecule has 0 aromatic rings. The lowest BCUT2D eigenvalue weighted by Crippen LogP contribution is -2.36. The van der Waals surface area contributed by atoms with Gasteiger partial charge in [-0.05, 0) is 30.4 Å². The molecule has 1 fully saturated rings. The zero-order valence-electron chi connectivity index (χ0n) is 11.5. The van der Waals surface area contributed by atoms with E-state index in [1.165, 1.54) is 0 Å². The molecule has 1 aliphatic rings. The number of thiol groups is 1. The minimum atomic E-state index is 0.187. The molecule has 0 unspecified atom stereocenters. The summed E-state index contributed by atoms with van der Waals surface area (Å²) in [5.41, 5.74) is 0.187. The molecule has 0 spiro atoms. The van der Waals surface area contributed by atoms with Gasteiger partial charge in [-0.2, -0.15) is 12.6 Å². The molecule has 1 rings (SSSR count). The Morgan fingerprint density at radius 1 is 1.22 bits per heavy atom. The third-order valence-corrected chi connectivity index (χ3v) is 4.18. The second kappa shape index (κ2) is 8.02. The summed E-state index contributed by atoms with van der Waals surface area (Å²) in [5.74, 6) is 1.05. The van der Waals surface area contributed by atoms with Gasteiger partial charge in [0.2, 0.25) is 5.91 Å². The summed E-state index contributed by atoms with van der Waals surface area (Å²) < 4.78 is 10.1. The first-order valence-electron chi connectivity index (χ1n) is 6.54. The van der Waals surface area contributed by atoms with E-state index < -0.39 is 0 Å². The van der Waals surface area contributed by atoms with E-state index in [9.17, 15) is 4.79 Å². The van der Waals surface area contributed by atoms with E-state index in [2.05, 4.69) is 12.6 Å². The van der Waals surface area contributed by atoms with Crippen molar-refractivity contribution in [2.24, 2.45) is 5.41 Å². The maximum atomic E-state index is 12.3. The van der Waals surface area contributed by atoms with E-state index in [1.54, 1.807) is 14.2 Å². The van der Waals surface area contributed by atoms with Gasteiger partial charge in [-0.3, -0.25) is 4.79 Å². The first-order chi connectivity index (χ1) is 8.67. The molecule has 18 heavy (non-hydrogen) atoms. The number of amides is 1. The highest BCUT2D eigenvalue weighted by molar-refractivity contribution is 7.80. The Balaban J connectivity index is 2.39. The summed E-state index contributed by atoms with van der Waals surface area (Å²) in [6.45, 7) is 2.70. The van der Waals surface area contributed by atoms with Crippen LogP contribution in [0.25, 0.3) is 0 Å². The average molecular weight is 275 g/mol. The largest absolute Gasteiger partial charge is 0.385 e. The summed E-state index contributed by atoms with van der Waals surface area (Å²) in [7, 11) is 3.34. The first kappa shape index (κ1) is 15.8. The van der Waals surface area contributed by atoms with Crippen LogP contribution >= 0.6 is 12.6 Å². The molecule has 1 aliphatic carbocycles. The van der Waals surface area contributed by atoms with E-state index in [1.807, 2.05) is 4.90 Å². The van der Waals surface area contributed by atoms with Crippen molar-refractivity contribution >= 4 is 18.5 Å². The van der Waals surface area contributed by atoms with Gasteiger partial charge in [0.15, 0.2) is 0 Å². The monoisotopic (exact) mass is 275 g/mol. The molecule has 0 heterocycles. The van der Waals surface area contributed by atoms with Crippen molar-refractivity contribution in [3.05, 3.63) is 0 Å². The van der Waals surface area contributed by atoms with Crippen LogP contribution in [0, 0.1) is 5.41 Å². The van der Waals surface area contributed by atoms with Gasteiger partial charge in [-0.25, -0.2) is 0 Å². The lowest BCUT2D eigenvalue weighted by molar-refractivity contribution is -0.133. The Morgan fingerprint density at radius 2 is 1.89 bits per heavy atom. The number of carbonyl (C=O) groups excluding carboxylic acids is 1. The fraction of sp³-hybridized carbons (Fsp3) is 0.923. The molecule has 1 amide bonds. The Bertz CT molecular complexity index is 257. The molecular formula is C13H25NO3S. The fourth-order valence-electron chi connectivity index (χ4n) is 1.96. The van der Waals surface area contributed by atoms with Crippen LogP contribution < -0.4 is 0 Å². The van der Waals surface area contributed by atoms with Crippen LogP contribution in [0.15, 0.2) is 0 Å². The zero-order valence-corrected chi connectivity index (χ0v) is 12.4. The van der Waals surface area contributed by atoms with Crippen molar-refractivity contribution in [2.45, 2.75) is 25.7 Å². The molecule has 106 valence electrons. The highest BCUT2D eigenvalue weighted by Crippen LogP contribution is 2.49. The Morgan fingerprint density at radius 3 is 2.39 bits per heavy atom. The van der Waals surface area contributed by atoms with Crippen LogP contribution in [0.5, 0.6) is 0 Å². The first-order valence-corrected chi connectivity index (χ1v) is 7.17. The third kappa shape index (κ3) is 5.16. The molecule has 0 saturated heterocycles. The van der Waals surface area contributed by atoms with Crippen LogP contribution in [0.4, 0.5) is 0 Å². The van der Waals surface area contributed by atoms with Gasteiger partial charge in [-0.15, -0.1) is 0 Å². The van der Waals surface area contributed by atoms with Gasteiger partial charge < -0.3 is 14.4 Å². The second-order valence-electron chi connectivity index (χ2n) is 5.05.